The Morgan fingerprint density at radius 1 is 1.03 bits per heavy atom. The van der Waals surface area contributed by atoms with Gasteiger partial charge in [-0.05, 0) is 18.2 Å². The highest BCUT2D eigenvalue weighted by Gasteiger charge is 2.29. The average molecular weight is 426 g/mol. The molecule has 0 spiro atoms. The molecule has 0 bridgehead atoms. The molecule has 0 amide bonds. The van der Waals surface area contributed by atoms with Crippen LogP contribution in [-0.4, -0.2) is 33.3 Å². The van der Waals surface area contributed by atoms with E-state index in [2.05, 4.69) is 14.4 Å². The number of hydrogen-bond donors (Lipinski definition) is 1. The van der Waals surface area contributed by atoms with Gasteiger partial charge < -0.3 is 9.47 Å². The number of hydrogen-bond acceptors (Lipinski definition) is 5. The van der Waals surface area contributed by atoms with E-state index in [4.69, 9.17) is 4.74 Å². The van der Waals surface area contributed by atoms with Crippen LogP contribution < -0.4 is 14.2 Å². The number of rotatable bonds is 7. The van der Waals surface area contributed by atoms with Gasteiger partial charge in [0.05, 0.1) is 12.0 Å². The number of pyridine rings is 1. The number of halogens is 3. The summed E-state index contributed by atoms with van der Waals surface area (Å²) in [6.07, 6.45) is -3.27. The van der Waals surface area contributed by atoms with E-state index in [-0.39, 0.29) is 22.9 Å². The van der Waals surface area contributed by atoms with Crippen molar-refractivity contribution in [3.63, 3.8) is 0 Å². The van der Waals surface area contributed by atoms with Crippen molar-refractivity contribution in [3.8, 4) is 11.6 Å². The van der Waals surface area contributed by atoms with Crippen molar-refractivity contribution in [2.75, 3.05) is 13.7 Å². The second-order valence-electron chi connectivity index (χ2n) is 6.01. The molecule has 10 heteroatoms. The molecule has 0 aliphatic heterocycles. The fourth-order valence-corrected chi connectivity index (χ4v) is 3.96. The van der Waals surface area contributed by atoms with Gasteiger partial charge in [-0.25, -0.2) is 18.1 Å². The molecule has 29 heavy (non-hydrogen) atoms. The topological polar surface area (TPSA) is 77.5 Å². The predicted molar refractivity (Wildman–Crippen MR) is 100 cm³/mol. The SMILES string of the molecule is COc1ccc(S(=O)(=O)NCc2cccnc2OCC(F)(F)F)c2ccccc12. The second-order valence-corrected chi connectivity index (χ2v) is 7.74. The van der Waals surface area contributed by atoms with E-state index in [1.807, 2.05) is 0 Å². The first kappa shape index (κ1) is 20.9. The van der Waals surface area contributed by atoms with Crippen LogP contribution in [0.25, 0.3) is 10.8 Å². The number of nitrogens with zero attached hydrogens (tertiary/aromatic N) is 1. The highest BCUT2D eigenvalue weighted by molar-refractivity contribution is 7.89. The van der Waals surface area contributed by atoms with Gasteiger partial charge in [-0.1, -0.05) is 30.3 Å². The summed E-state index contributed by atoms with van der Waals surface area (Å²) in [6.45, 7) is -1.81. The zero-order valence-corrected chi connectivity index (χ0v) is 16.0. The van der Waals surface area contributed by atoms with E-state index in [9.17, 15) is 21.6 Å². The number of ether oxygens (including phenoxy) is 2. The molecule has 0 radical (unpaired) electrons. The summed E-state index contributed by atoms with van der Waals surface area (Å²) in [4.78, 5) is 3.78. The van der Waals surface area contributed by atoms with Crippen molar-refractivity contribution in [1.82, 2.24) is 9.71 Å². The Hall–Kier alpha value is -2.85. The first-order valence-corrected chi connectivity index (χ1v) is 9.88. The molecule has 2 aromatic carbocycles. The highest BCUT2D eigenvalue weighted by atomic mass is 32.2. The standard InChI is InChI=1S/C19H17F3N2O4S/c1-27-16-8-9-17(15-7-3-2-6-14(15)16)29(25,26)24-11-13-5-4-10-23-18(13)28-12-19(20,21)22/h2-10,24H,11-12H2,1H3. The first-order chi connectivity index (χ1) is 13.7. The number of sulfonamides is 1. The molecule has 1 aromatic heterocycles. The minimum atomic E-state index is -4.53. The van der Waals surface area contributed by atoms with Crippen LogP contribution in [0.2, 0.25) is 0 Å². The Kier molecular flexibility index (Phi) is 5.94. The largest absolute Gasteiger partial charge is 0.496 e. The molecule has 0 aliphatic carbocycles. The van der Waals surface area contributed by atoms with Gasteiger partial charge >= 0.3 is 6.18 Å². The van der Waals surface area contributed by atoms with Crippen molar-refractivity contribution in [2.45, 2.75) is 17.6 Å². The van der Waals surface area contributed by atoms with Gasteiger partial charge in [0.2, 0.25) is 15.9 Å². The van der Waals surface area contributed by atoms with Crippen LogP contribution in [0.5, 0.6) is 11.6 Å². The predicted octanol–water partition coefficient (Wildman–Crippen LogP) is 3.66. The maximum atomic E-state index is 12.9. The number of methoxy groups -OCH3 is 1. The fraction of sp³-hybridized carbons (Fsp3) is 0.211. The molecule has 3 aromatic rings. The molecular weight excluding hydrogens is 409 g/mol. The Morgan fingerprint density at radius 3 is 2.45 bits per heavy atom. The molecule has 0 unspecified atom stereocenters. The first-order valence-electron chi connectivity index (χ1n) is 8.40. The van der Waals surface area contributed by atoms with Crippen LogP contribution in [-0.2, 0) is 16.6 Å². The minimum absolute atomic E-state index is 0.0237. The lowest BCUT2D eigenvalue weighted by atomic mass is 10.1. The van der Waals surface area contributed by atoms with Gasteiger partial charge in [0.1, 0.15) is 5.75 Å². The van der Waals surface area contributed by atoms with Crippen LogP contribution >= 0.6 is 0 Å². The summed E-state index contributed by atoms with van der Waals surface area (Å²) in [6, 6.07) is 12.7. The number of alkyl halides is 3. The van der Waals surface area contributed by atoms with Crippen molar-refractivity contribution < 1.29 is 31.1 Å². The van der Waals surface area contributed by atoms with Gasteiger partial charge in [0.25, 0.3) is 0 Å². The molecule has 1 N–H and O–H groups in total. The van der Waals surface area contributed by atoms with Crippen LogP contribution in [0.1, 0.15) is 5.56 Å². The molecular formula is C19H17F3N2O4S. The van der Waals surface area contributed by atoms with Gasteiger partial charge in [-0.3, -0.25) is 0 Å². The Morgan fingerprint density at radius 2 is 1.76 bits per heavy atom. The normalized spacial score (nSPS) is 12.1. The Bertz CT molecular complexity index is 1120. The van der Waals surface area contributed by atoms with Gasteiger partial charge in [-0.2, -0.15) is 13.2 Å². The summed E-state index contributed by atoms with van der Waals surface area (Å²) in [7, 11) is -2.50. The number of fused-ring (bicyclic) bond motifs is 1. The Balaban J connectivity index is 1.86. The summed E-state index contributed by atoms with van der Waals surface area (Å²) >= 11 is 0. The van der Waals surface area contributed by atoms with Crippen molar-refractivity contribution in [1.29, 1.82) is 0 Å². The smallest absolute Gasteiger partial charge is 0.422 e. The summed E-state index contributed by atoms with van der Waals surface area (Å²) in [5.41, 5.74) is 0.179. The molecule has 0 aliphatic rings. The molecule has 0 atom stereocenters. The summed E-state index contributed by atoms with van der Waals surface area (Å²) in [5, 5.41) is 1.08. The lowest BCUT2D eigenvalue weighted by Gasteiger charge is -2.14. The molecule has 0 fully saturated rings. The molecule has 0 saturated carbocycles. The van der Waals surface area contributed by atoms with Crippen molar-refractivity contribution in [2.24, 2.45) is 0 Å². The zero-order valence-electron chi connectivity index (χ0n) is 15.2. The number of benzene rings is 2. The van der Waals surface area contributed by atoms with Gasteiger partial charge in [0.15, 0.2) is 6.61 Å². The van der Waals surface area contributed by atoms with Gasteiger partial charge in [0, 0.05) is 29.1 Å². The zero-order chi connectivity index (χ0) is 21.1. The molecule has 6 nitrogen and oxygen atoms in total. The third kappa shape index (κ3) is 4.96. The van der Waals surface area contributed by atoms with Crippen LogP contribution in [0.3, 0.4) is 0 Å². The second kappa shape index (κ2) is 8.26. The van der Waals surface area contributed by atoms with Crippen LogP contribution in [0.4, 0.5) is 13.2 Å². The minimum Gasteiger partial charge on any atom is -0.496 e. The van der Waals surface area contributed by atoms with Crippen LogP contribution in [0, 0.1) is 0 Å². The van der Waals surface area contributed by atoms with E-state index >= 15 is 0 Å². The fourth-order valence-electron chi connectivity index (χ4n) is 2.75. The van der Waals surface area contributed by atoms with E-state index in [0.717, 1.165) is 0 Å². The van der Waals surface area contributed by atoms with E-state index in [1.54, 1.807) is 30.3 Å². The molecule has 154 valence electrons. The van der Waals surface area contributed by atoms with Gasteiger partial charge in [-0.15, -0.1) is 0 Å². The lowest BCUT2D eigenvalue weighted by Crippen LogP contribution is -2.25. The summed E-state index contributed by atoms with van der Waals surface area (Å²) in [5.74, 6) is 0.238. The maximum Gasteiger partial charge on any atom is 0.422 e. The maximum absolute atomic E-state index is 12.9. The average Bonchev–Trinajstić information content (AvgIpc) is 2.70. The van der Waals surface area contributed by atoms with E-state index in [1.165, 1.54) is 31.5 Å². The Labute approximate surface area is 165 Å². The third-order valence-corrected chi connectivity index (χ3v) is 5.49. The molecule has 0 saturated heterocycles. The van der Waals surface area contributed by atoms with Crippen molar-refractivity contribution in [3.05, 3.63) is 60.3 Å². The molecule has 1 heterocycles. The molecule has 3 rings (SSSR count). The van der Waals surface area contributed by atoms with Crippen LogP contribution in [0.15, 0.2) is 59.6 Å². The number of aromatic nitrogens is 1. The third-order valence-electron chi connectivity index (χ3n) is 4.03. The lowest BCUT2D eigenvalue weighted by molar-refractivity contribution is -0.154. The summed E-state index contributed by atoms with van der Waals surface area (Å²) < 4.78 is 75.3. The number of nitrogens with one attached hydrogen (secondary N) is 1. The van der Waals surface area contributed by atoms with Crippen molar-refractivity contribution >= 4 is 20.8 Å². The van der Waals surface area contributed by atoms with E-state index in [0.29, 0.717) is 16.5 Å². The monoisotopic (exact) mass is 426 g/mol. The quantitative estimate of drug-likeness (QED) is 0.624. The van der Waals surface area contributed by atoms with E-state index < -0.39 is 22.8 Å². The highest BCUT2D eigenvalue weighted by Crippen LogP contribution is 2.31.